The van der Waals surface area contributed by atoms with Gasteiger partial charge in [0.2, 0.25) is 0 Å². The summed E-state index contributed by atoms with van der Waals surface area (Å²) in [6.07, 6.45) is 12.1. The van der Waals surface area contributed by atoms with Crippen molar-refractivity contribution in [3.63, 3.8) is 0 Å². The smallest absolute Gasteiger partial charge is 0.303 e. The Labute approximate surface area is 241 Å². The van der Waals surface area contributed by atoms with Crippen molar-refractivity contribution in [2.75, 3.05) is 33.2 Å². The van der Waals surface area contributed by atoms with Gasteiger partial charge in [0.15, 0.2) is 6.10 Å². The van der Waals surface area contributed by atoms with Gasteiger partial charge >= 0.3 is 5.97 Å². The summed E-state index contributed by atoms with van der Waals surface area (Å²) in [6.45, 7) is 11.0. The third-order valence-corrected chi connectivity index (χ3v) is 13.3. The van der Waals surface area contributed by atoms with Gasteiger partial charge in [-0.3, -0.25) is 9.69 Å². The van der Waals surface area contributed by atoms with Crippen LogP contribution in [-0.4, -0.2) is 89.2 Å². The van der Waals surface area contributed by atoms with Gasteiger partial charge in [0, 0.05) is 50.7 Å². The number of piperidine rings is 1. The molecule has 0 spiro atoms. The predicted octanol–water partition coefficient (Wildman–Crippen LogP) is 0.980. The Hall–Kier alpha value is -0.210. The summed E-state index contributed by atoms with van der Waals surface area (Å²) in [6, 6.07) is 0.673. The van der Waals surface area contributed by atoms with Crippen LogP contribution in [0, 0.1) is 34.5 Å². The highest BCUT2D eigenvalue weighted by molar-refractivity contribution is 5.66. The van der Waals surface area contributed by atoms with E-state index in [4.69, 9.17) is 4.74 Å². The minimum atomic E-state index is -0.234. The number of esters is 1. The molecule has 0 amide bonds. The Balaban J connectivity index is 0.00000294. The van der Waals surface area contributed by atoms with Gasteiger partial charge in [-0.25, -0.2) is 0 Å². The van der Waals surface area contributed by atoms with E-state index in [2.05, 4.69) is 25.8 Å². The van der Waals surface area contributed by atoms with Gasteiger partial charge in [-0.15, -0.1) is 0 Å². The van der Waals surface area contributed by atoms with Gasteiger partial charge in [0.1, 0.15) is 6.04 Å². The minimum Gasteiger partial charge on any atom is -1.00 e. The second-order valence-corrected chi connectivity index (χ2v) is 15.0. The molecule has 10 atom stereocenters. The molecule has 0 aromatic heterocycles. The first kappa shape index (κ1) is 29.3. The molecule has 6 rings (SSSR count). The van der Waals surface area contributed by atoms with Crippen LogP contribution in [0.15, 0.2) is 0 Å². The monoisotopic (exact) mass is 596 g/mol. The molecule has 0 aromatic carbocycles. The molecule has 6 nitrogen and oxygen atoms in total. The zero-order valence-electron chi connectivity index (χ0n) is 24.3. The maximum absolute atomic E-state index is 12.4. The fourth-order valence-electron chi connectivity index (χ4n) is 11.2. The number of rotatable bonds is 3. The highest BCUT2D eigenvalue weighted by atomic mass is 79.9. The van der Waals surface area contributed by atoms with Crippen molar-refractivity contribution in [3.8, 4) is 0 Å². The van der Waals surface area contributed by atoms with Gasteiger partial charge in [-0.05, 0) is 80.5 Å². The van der Waals surface area contributed by atoms with E-state index in [1.54, 1.807) is 6.92 Å². The van der Waals surface area contributed by atoms with Crippen LogP contribution < -0.4 is 17.0 Å². The molecule has 2 saturated heterocycles. The number of carbonyl (C=O) groups excluding carboxylic acids is 1. The largest absolute Gasteiger partial charge is 1.00 e. The molecule has 0 bridgehead atoms. The van der Waals surface area contributed by atoms with Crippen LogP contribution in [-0.2, 0) is 9.53 Å². The van der Waals surface area contributed by atoms with Gasteiger partial charge in [0.05, 0.1) is 32.3 Å². The van der Waals surface area contributed by atoms with E-state index in [1.807, 2.05) is 0 Å². The predicted molar refractivity (Wildman–Crippen MR) is 144 cm³/mol. The molecule has 218 valence electrons. The Morgan fingerprint density at radius 3 is 2.29 bits per heavy atom. The number of fused-ring (bicyclic) bond motifs is 5. The molecule has 0 unspecified atom stereocenters. The lowest BCUT2D eigenvalue weighted by molar-refractivity contribution is -0.924. The minimum absolute atomic E-state index is 0. The molecule has 0 radical (unpaired) electrons. The van der Waals surface area contributed by atoms with E-state index in [0.717, 1.165) is 43.3 Å². The maximum atomic E-state index is 12.4. The second-order valence-electron chi connectivity index (χ2n) is 15.0. The van der Waals surface area contributed by atoms with E-state index in [9.17, 15) is 15.0 Å². The normalized spacial score (nSPS) is 48.9. The quantitative estimate of drug-likeness (QED) is 0.375. The Morgan fingerprint density at radius 1 is 0.947 bits per heavy atom. The van der Waals surface area contributed by atoms with E-state index in [0.29, 0.717) is 29.7 Å². The highest BCUT2D eigenvalue weighted by Gasteiger charge is 2.67. The van der Waals surface area contributed by atoms with Crippen molar-refractivity contribution in [1.82, 2.24) is 4.90 Å². The van der Waals surface area contributed by atoms with Gasteiger partial charge in [0.25, 0.3) is 0 Å². The van der Waals surface area contributed by atoms with Crippen LogP contribution in [0.5, 0.6) is 0 Å². The molecule has 2 N–H and O–H groups in total. The number of halogens is 1. The standard InChI is InChI=1S/C31H53N2O4.BrH/c1-20(34)37-29-27(33(4)15-5-6-16-33)18-25-23-8-7-21-17-28(36)26(32-13-10-22(35)11-14-32)19-31(21,3)24(23)9-12-30(25,29)2;/h21-29,35-36H,5-19H2,1-4H3;1H/q+1;/p-1/t21-,23+,24-,25-,26-,27-,28-,29-,30-,31-;/m0./s1. The zero-order chi connectivity index (χ0) is 26.2. The molecule has 4 saturated carbocycles. The van der Waals surface area contributed by atoms with Crippen LogP contribution in [0.25, 0.3) is 0 Å². The molecule has 6 aliphatic rings. The first-order chi connectivity index (χ1) is 17.5. The Kier molecular flexibility index (Phi) is 8.14. The van der Waals surface area contributed by atoms with Crippen LogP contribution in [0.2, 0.25) is 0 Å². The lowest BCUT2D eigenvalue weighted by Crippen LogP contribution is -3.00. The van der Waals surface area contributed by atoms with Crippen LogP contribution in [0.1, 0.15) is 91.4 Å². The fourth-order valence-corrected chi connectivity index (χ4v) is 11.2. The number of hydrogen-bond acceptors (Lipinski definition) is 5. The summed E-state index contributed by atoms with van der Waals surface area (Å²) >= 11 is 0. The highest BCUT2D eigenvalue weighted by Crippen LogP contribution is 2.67. The summed E-state index contributed by atoms with van der Waals surface area (Å²) in [5, 5.41) is 21.3. The lowest BCUT2D eigenvalue weighted by atomic mass is 9.44. The number of aliphatic hydroxyl groups excluding tert-OH is 2. The van der Waals surface area contributed by atoms with Crippen LogP contribution in [0.4, 0.5) is 0 Å². The third kappa shape index (κ3) is 4.62. The number of carbonyl (C=O) groups is 1. The number of ether oxygens (including phenoxy) is 1. The van der Waals surface area contributed by atoms with E-state index >= 15 is 0 Å². The van der Waals surface area contributed by atoms with Crippen LogP contribution in [0.3, 0.4) is 0 Å². The van der Waals surface area contributed by atoms with Gasteiger partial charge < -0.3 is 36.4 Å². The van der Waals surface area contributed by atoms with Crippen molar-refractivity contribution in [2.24, 2.45) is 34.5 Å². The average molecular weight is 598 g/mol. The molecule has 2 heterocycles. The number of aliphatic hydroxyl groups is 2. The van der Waals surface area contributed by atoms with Gasteiger partial charge in [-0.1, -0.05) is 13.8 Å². The first-order valence-corrected chi connectivity index (χ1v) is 15.7. The fraction of sp³-hybridized carbons (Fsp3) is 0.968. The molecule has 38 heavy (non-hydrogen) atoms. The summed E-state index contributed by atoms with van der Waals surface area (Å²) in [7, 11) is 2.44. The van der Waals surface area contributed by atoms with Gasteiger partial charge in [-0.2, -0.15) is 0 Å². The van der Waals surface area contributed by atoms with E-state index in [-0.39, 0.29) is 58.1 Å². The zero-order valence-corrected chi connectivity index (χ0v) is 25.9. The second kappa shape index (κ2) is 10.6. The molecule has 6 fully saturated rings. The number of quaternary nitrogens is 1. The third-order valence-electron chi connectivity index (χ3n) is 13.3. The lowest BCUT2D eigenvalue weighted by Gasteiger charge is -2.62. The summed E-state index contributed by atoms with van der Waals surface area (Å²) < 4.78 is 7.38. The molecule has 0 aromatic rings. The van der Waals surface area contributed by atoms with Crippen molar-refractivity contribution in [3.05, 3.63) is 0 Å². The average Bonchev–Trinajstić information content (AvgIpc) is 3.42. The van der Waals surface area contributed by atoms with Crippen molar-refractivity contribution in [1.29, 1.82) is 0 Å². The molecule has 4 aliphatic carbocycles. The summed E-state index contributed by atoms with van der Waals surface area (Å²) in [5.74, 6) is 2.55. The molecule has 7 heteroatoms. The molecule has 2 aliphatic heterocycles. The first-order valence-electron chi connectivity index (χ1n) is 15.7. The molecular weight excluding hydrogens is 544 g/mol. The molecular formula is C31H53BrN2O4. The number of nitrogens with zero attached hydrogens (tertiary/aromatic N) is 2. The SMILES string of the molecule is CC(=O)O[C@H]1[C@@H]([N+]2(C)CCCC2)C[C@H]2[C@@H]3CC[C@H]4C[C@H](O)[C@@H](N5CCC(O)CC5)C[C@]4(C)[C@H]3CC[C@@]21C.[Br-]. The number of likely N-dealkylation sites (N-methyl/N-ethyl adjacent to an activating group) is 1. The van der Waals surface area contributed by atoms with E-state index < -0.39 is 0 Å². The Bertz CT molecular complexity index is 874. The topological polar surface area (TPSA) is 70.0 Å². The summed E-state index contributed by atoms with van der Waals surface area (Å²) in [5.41, 5.74) is 0.354. The number of hydrogen-bond donors (Lipinski definition) is 2. The Morgan fingerprint density at radius 2 is 1.63 bits per heavy atom. The summed E-state index contributed by atoms with van der Waals surface area (Å²) in [4.78, 5) is 14.9. The van der Waals surface area contributed by atoms with Crippen LogP contribution >= 0.6 is 0 Å². The van der Waals surface area contributed by atoms with E-state index in [1.165, 1.54) is 58.0 Å². The van der Waals surface area contributed by atoms with Crippen molar-refractivity contribution < 1.29 is 41.2 Å². The van der Waals surface area contributed by atoms with Crippen molar-refractivity contribution >= 4 is 5.97 Å². The van der Waals surface area contributed by atoms with Crippen molar-refractivity contribution in [2.45, 2.75) is 122 Å². The number of likely N-dealkylation sites (tertiary alicyclic amines) is 2. The maximum Gasteiger partial charge on any atom is 0.303 e.